The number of hydrogen-bond donors (Lipinski definition) is 3. The first-order valence-electron chi connectivity index (χ1n) is 3.59. The van der Waals surface area contributed by atoms with Gasteiger partial charge in [0.25, 0.3) is 0 Å². The van der Waals surface area contributed by atoms with Crippen LogP contribution in [0.1, 0.15) is 6.42 Å². The molecule has 1 heterocycles. The van der Waals surface area contributed by atoms with Crippen LogP contribution in [0.5, 0.6) is 0 Å². The van der Waals surface area contributed by atoms with Gasteiger partial charge in [0.1, 0.15) is 6.04 Å². The van der Waals surface area contributed by atoms with Gasteiger partial charge in [-0.05, 0) is 0 Å². The monoisotopic (exact) mass is 206 g/mol. The minimum atomic E-state index is -1.68. The highest BCUT2D eigenvalue weighted by Crippen LogP contribution is 2.22. The van der Waals surface area contributed by atoms with E-state index in [1.54, 1.807) is 0 Å². The largest absolute Gasteiger partial charge is 0.412 e. The molecule has 0 bridgehead atoms. The van der Waals surface area contributed by atoms with Gasteiger partial charge >= 0.3 is 17.1 Å². The van der Waals surface area contributed by atoms with Crippen molar-refractivity contribution in [3.63, 3.8) is 0 Å². The fraction of sp³-hybridized carbons (Fsp3) is 0.667. The molecule has 0 amide bonds. The zero-order valence-electron chi connectivity index (χ0n) is 6.73. The van der Waals surface area contributed by atoms with E-state index in [4.69, 9.17) is 11.5 Å². The van der Waals surface area contributed by atoms with Crippen molar-refractivity contribution in [2.45, 2.75) is 17.6 Å². The average molecular weight is 206 g/mol. The first-order chi connectivity index (χ1) is 5.97. The molecule has 0 aromatic heterocycles. The molecule has 7 heteroatoms. The maximum atomic E-state index is 11.1. The van der Waals surface area contributed by atoms with Gasteiger partial charge in [-0.3, -0.25) is 9.59 Å². The van der Waals surface area contributed by atoms with Gasteiger partial charge in [-0.1, -0.05) is 12.6 Å². The fourth-order valence-corrected chi connectivity index (χ4v) is 1.01. The van der Waals surface area contributed by atoms with Crippen LogP contribution >= 0.6 is 12.6 Å². The molecular formula is C6H10N2O4S. The number of thiol groups is 1. The second kappa shape index (κ2) is 3.52. The van der Waals surface area contributed by atoms with Gasteiger partial charge in [0.05, 0.1) is 13.0 Å². The predicted octanol–water partition coefficient (Wildman–Crippen LogP) is -1.65. The van der Waals surface area contributed by atoms with Crippen LogP contribution < -0.4 is 11.5 Å². The number of carbonyl (C=O) groups excluding carboxylic acids is 2. The highest BCUT2D eigenvalue weighted by atomic mass is 32.1. The minimum absolute atomic E-state index is 0.221. The first kappa shape index (κ1) is 10.3. The highest BCUT2D eigenvalue weighted by Gasteiger charge is 2.39. The quantitative estimate of drug-likeness (QED) is 0.350. The Morgan fingerprint density at radius 2 is 2.15 bits per heavy atom. The summed E-state index contributed by atoms with van der Waals surface area (Å²) in [7, 11) is 0. The predicted molar refractivity (Wildman–Crippen MR) is 45.5 cm³/mol. The Labute approximate surface area is 79.9 Å². The molecule has 13 heavy (non-hydrogen) atoms. The summed E-state index contributed by atoms with van der Waals surface area (Å²) in [5, 5.41) is -1.68. The van der Waals surface area contributed by atoms with Crippen LogP contribution in [0.3, 0.4) is 0 Å². The normalized spacial score (nSPS) is 34.8. The number of ether oxygens (including phenoxy) is 2. The number of cyclic esters (lactones) is 2. The molecule has 0 radical (unpaired) electrons. The number of hydrogen-bond acceptors (Lipinski definition) is 7. The van der Waals surface area contributed by atoms with Crippen molar-refractivity contribution < 1.29 is 19.1 Å². The number of carbonyl (C=O) groups is 2. The number of rotatable bonds is 1. The van der Waals surface area contributed by atoms with E-state index in [2.05, 4.69) is 22.1 Å². The zero-order valence-corrected chi connectivity index (χ0v) is 7.62. The van der Waals surface area contributed by atoms with Crippen LogP contribution in [0, 0.1) is 0 Å². The molecule has 6 nitrogen and oxygen atoms in total. The Kier molecular flexibility index (Phi) is 2.79. The smallest absolute Gasteiger partial charge is 0.327 e. The lowest BCUT2D eigenvalue weighted by Crippen LogP contribution is -2.41. The van der Waals surface area contributed by atoms with E-state index in [0.29, 0.717) is 0 Å². The Balaban J connectivity index is 2.82. The lowest BCUT2D eigenvalue weighted by Gasteiger charge is -2.23. The SMILES string of the molecule is NCC1(S)OC(=O)CC(N)C(=O)O1. The van der Waals surface area contributed by atoms with Crippen LogP contribution in [0.15, 0.2) is 0 Å². The molecular weight excluding hydrogens is 196 g/mol. The first-order valence-corrected chi connectivity index (χ1v) is 4.04. The van der Waals surface area contributed by atoms with E-state index in [1.165, 1.54) is 0 Å². The standard InChI is InChI=1S/C6H10N2O4S/c7-2-6(13)11-4(9)1-3(8)5(10)12-6/h3,13H,1-2,7-8H2. The molecule has 1 aliphatic rings. The van der Waals surface area contributed by atoms with Gasteiger partial charge in [0, 0.05) is 0 Å². The van der Waals surface area contributed by atoms with Gasteiger partial charge in [0.15, 0.2) is 0 Å². The van der Waals surface area contributed by atoms with E-state index >= 15 is 0 Å². The lowest BCUT2D eigenvalue weighted by molar-refractivity contribution is -0.187. The van der Waals surface area contributed by atoms with Crippen molar-refractivity contribution in [2.24, 2.45) is 11.5 Å². The Morgan fingerprint density at radius 1 is 1.54 bits per heavy atom. The van der Waals surface area contributed by atoms with E-state index in [-0.39, 0.29) is 13.0 Å². The third-order valence-corrected chi connectivity index (χ3v) is 1.85. The molecule has 1 fully saturated rings. The highest BCUT2D eigenvalue weighted by molar-refractivity contribution is 7.81. The van der Waals surface area contributed by atoms with Crippen LogP contribution in [-0.2, 0) is 19.1 Å². The Morgan fingerprint density at radius 3 is 2.69 bits per heavy atom. The molecule has 2 unspecified atom stereocenters. The Hall–Kier alpha value is -0.790. The molecule has 4 N–H and O–H groups in total. The Bertz CT molecular complexity index is 247. The summed E-state index contributed by atoms with van der Waals surface area (Å²) in [4.78, 5) is 22.0. The molecule has 0 spiro atoms. The van der Waals surface area contributed by atoms with Crippen LogP contribution in [0.25, 0.3) is 0 Å². The second-order valence-electron chi connectivity index (χ2n) is 2.62. The summed E-state index contributed by atoms with van der Waals surface area (Å²) in [6.45, 7) is -0.222. The molecule has 1 aliphatic heterocycles. The van der Waals surface area contributed by atoms with Crippen LogP contribution in [0.4, 0.5) is 0 Å². The van der Waals surface area contributed by atoms with Crippen molar-refractivity contribution in [2.75, 3.05) is 6.54 Å². The summed E-state index contributed by atoms with van der Waals surface area (Å²) in [6.07, 6.45) is -0.221. The molecule has 2 atom stereocenters. The van der Waals surface area contributed by atoms with Crippen molar-refractivity contribution in [1.82, 2.24) is 0 Å². The maximum Gasteiger partial charge on any atom is 0.327 e. The molecule has 0 saturated carbocycles. The fourth-order valence-electron chi connectivity index (χ4n) is 0.819. The van der Waals surface area contributed by atoms with Gasteiger partial charge in [-0.25, -0.2) is 0 Å². The summed E-state index contributed by atoms with van der Waals surface area (Å²) in [5.41, 5.74) is 10.5. The van der Waals surface area contributed by atoms with Crippen LogP contribution in [-0.4, -0.2) is 29.6 Å². The molecule has 1 saturated heterocycles. The maximum absolute atomic E-state index is 11.1. The molecule has 74 valence electrons. The van der Waals surface area contributed by atoms with E-state index in [9.17, 15) is 9.59 Å². The van der Waals surface area contributed by atoms with Crippen molar-refractivity contribution in [3.05, 3.63) is 0 Å². The molecule has 1 rings (SSSR count). The third-order valence-electron chi connectivity index (χ3n) is 1.48. The summed E-state index contributed by atoms with van der Waals surface area (Å²) in [5.74, 6) is -1.40. The van der Waals surface area contributed by atoms with Gasteiger partial charge in [0.2, 0.25) is 0 Å². The minimum Gasteiger partial charge on any atom is -0.412 e. The van der Waals surface area contributed by atoms with Crippen molar-refractivity contribution >= 4 is 24.6 Å². The number of esters is 2. The van der Waals surface area contributed by atoms with Gasteiger partial charge < -0.3 is 20.9 Å². The number of nitrogens with two attached hydrogens (primary N) is 2. The molecule has 0 aromatic rings. The van der Waals surface area contributed by atoms with Crippen molar-refractivity contribution in [1.29, 1.82) is 0 Å². The topological polar surface area (TPSA) is 105 Å². The second-order valence-corrected chi connectivity index (χ2v) is 3.30. The lowest BCUT2D eigenvalue weighted by atomic mass is 10.2. The third kappa shape index (κ3) is 2.33. The van der Waals surface area contributed by atoms with Gasteiger partial charge in [-0.2, -0.15) is 0 Å². The molecule has 0 aliphatic carbocycles. The summed E-state index contributed by atoms with van der Waals surface area (Å²) < 4.78 is 9.33. The average Bonchev–Trinajstić information content (AvgIpc) is 2.11. The molecule has 0 aromatic carbocycles. The van der Waals surface area contributed by atoms with E-state index < -0.39 is 23.1 Å². The zero-order chi connectivity index (χ0) is 10.1. The summed E-state index contributed by atoms with van der Waals surface area (Å²) in [6, 6.07) is -1.01. The van der Waals surface area contributed by atoms with Crippen molar-refractivity contribution in [3.8, 4) is 0 Å². The summed E-state index contributed by atoms with van der Waals surface area (Å²) >= 11 is 3.81. The van der Waals surface area contributed by atoms with Gasteiger partial charge in [-0.15, -0.1) is 0 Å². The van der Waals surface area contributed by atoms with Crippen LogP contribution in [0.2, 0.25) is 0 Å². The van der Waals surface area contributed by atoms with E-state index in [0.717, 1.165) is 0 Å². The van der Waals surface area contributed by atoms with E-state index in [1.807, 2.05) is 0 Å².